The Kier molecular flexibility index (Phi) is 7.82. The van der Waals surface area contributed by atoms with E-state index in [0.717, 1.165) is 5.56 Å². The van der Waals surface area contributed by atoms with Crippen molar-refractivity contribution in [1.82, 2.24) is 10.2 Å². The lowest BCUT2D eigenvalue weighted by atomic mass is 9.88. The number of nitrogens with zero attached hydrogens (tertiary/aromatic N) is 1. The van der Waals surface area contributed by atoms with E-state index in [2.05, 4.69) is 5.32 Å². The van der Waals surface area contributed by atoms with Crippen LogP contribution in [0, 0.1) is 11.8 Å². The van der Waals surface area contributed by atoms with Crippen molar-refractivity contribution in [3.8, 4) is 5.75 Å². The number of amides is 2. The molecule has 0 bridgehead atoms. The quantitative estimate of drug-likeness (QED) is 0.662. The highest BCUT2D eigenvalue weighted by Crippen LogP contribution is 2.23. The van der Waals surface area contributed by atoms with Crippen molar-refractivity contribution >= 4 is 17.6 Å². The molecular formula is C25H30N2O4. The maximum Gasteiger partial charge on any atom is 0.258 e. The summed E-state index contributed by atoms with van der Waals surface area (Å²) in [4.78, 5) is 39.9. The van der Waals surface area contributed by atoms with Gasteiger partial charge < -0.3 is 15.0 Å². The number of ether oxygens (including phenoxy) is 1. The van der Waals surface area contributed by atoms with E-state index in [0.29, 0.717) is 31.7 Å². The van der Waals surface area contributed by atoms with Crippen molar-refractivity contribution in [3.63, 3.8) is 0 Å². The number of ketones is 1. The van der Waals surface area contributed by atoms with Crippen LogP contribution in [0.4, 0.5) is 0 Å². The van der Waals surface area contributed by atoms with Crippen LogP contribution in [0.5, 0.6) is 5.75 Å². The van der Waals surface area contributed by atoms with Gasteiger partial charge in [0, 0.05) is 24.6 Å². The molecule has 1 unspecified atom stereocenters. The van der Waals surface area contributed by atoms with Crippen molar-refractivity contribution in [3.05, 3.63) is 66.2 Å². The zero-order valence-electron chi connectivity index (χ0n) is 18.1. The second-order valence-corrected chi connectivity index (χ2v) is 8.22. The highest BCUT2D eigenvalue weighted by atomic mass is 16.5. The van der Waals surface area contributed by atoms with Crippen molar-refractivity contribution < 1.29 is 19.1 Å². The van der Waals surface area contributed by atoms with Crippen LogP contribution in [0.25, 0.3) is 0 Å². The third-order valence-electron chi connectivity index (χ3n) is 5.60. The average molecular weight is 423 g/mol. The Morgan fingerprint density at radius 2 is 1.55 bits per heavy atom. The molecular weight excluding hydrogens is 392 g/mol. The van der Waals surface area contributed by atoms with Crippen LogP contribution in [0.3, 0.4) is 0 Å². The molecule has 1 heterocycles. The Labute approximate surface area is 183 Å². The molecule has 1 saturated heterocycles. The number of carbonyl (C=O) groups is 3. The van der Waals surface area contributed by atoms with Gasteiger partial charge in [0.05, 0.1) is 0 Å². The van der Waals surface area contributed by atoms with E-state index < -0.39 is 6.04 Å². The van der Waals surface area contributed by atoms with Crippen molar-refractivity contribution in [2.45, 2.75) is 32.7 Å². The molecule has 3 rings (SSSR count). The van der Waals surface area contributed by atoms with Gasteiger partial charge >= 0.3 is 0 Å². The highest BCUT2D eigenvalue weighted by molar-refractivity contribution is 5.98. The molecule has 164 valence electrons. The minimum absolute atomic E-state index is 0.0585. The summed E-state index contributed by atoms with van der Waals surface area (Å²) in [5, 5.41) is 2.82. The van der Waals surface area contributed by atoms with Gasteiger partial charge in [-0.3, -0.25) is 14.4 Å². The van der Waals surface area contributed by atoms with Gasteiger partial charge in [-0.2, -0.15) is 0 Å². The van der Waals surface area contributed by atoms with Gasteiger partial charge in [-0.25, -0.2) is 0 Å². The lowest BCUT2D eigenvalue weighted by molar-refractivity contribution is -0.139. The number of piperidine rings is 1. The van der Waals surface area contributed by atoms with Crippen LogP contribution in [-0.4, -0.2) is 48.2 Å². The number of para-hydroxylation sites is 1. The van der Waals surface area contributed by atoms with Crippen LogP contribution in [0.2, 0.25) is 0 Å². The minimum Gasteiger partial charge on any atom is -0.484 e. The maximum absolute atomic E-state index is 13.1. The zero-order chi connectivity index (χ0) is 22.2. The first-order chi connectivity index (χ1) is 15.0. The predicted octanol–water partition coefficient (Wildman–Crippen LogP) is 3.33. The number of Topliss-reactive ketones (excluding diaryl/α,β-unsaturated/α-hetero) is 1. The Hall–Kier alpha value is -3.15. The van der Waals surface area contributed by atoms with Crippen molar-refractivity contribution in [2.24, 2.45) is 11.8 Å². The normalized spacial score (nSPS) is 15.4. The summed E-state index contributed by atoms with van der Waals surface area (Å²) in [7, 11) is 0. The molecule has 2 aromatic rings. The number of hydrogen-bond donors (Lipinski definition) is 1. The van der Waals surface area contributed by atoms with E-state index in [9.17, 15) is 14.4 Å². The summed E-state index contributed by atoms with van der Waals surface area (Å²) in [6.45, 7) is 4.71. The van der Waals surface area contributed by atoms with Crippen LogP contribution in [0.1, 0.15) is 37.0 Å². The third kappa shape index (κ3) is 6.17. The molecule has 0 radical (unpaired) electrons. The van der Waals surface area contributed by atoms with Gasteiger partial charge in [-0.05, 0) is 30.9 Å². The predicted molar refractivity (Wildman–Crippen MR) is 119 cm³/mol. The summed E-state index contributed by atoms with van der Waals surface area (Å²) in [6, 6.07) is 17.8. The molecule has 6 heteroatoms. The minimum atomic E-state index is -0.617. The second-order valence-electron chi connectivity index (χ2n) is 8.22. The van der Waals surface area contributed by atoms with Gasteiger partial charge in [0.1, 0.15) is 11.8 Å². The molecule has 1 aliphatic rings. The molecule has 6 nitrogen and oxygen atoms in total. The fraction of sp³-hybridized carbons (Fsp3) is 0.400. The fourth-order valence-corrected chi connectivity index (χ4v) is 3.79. The van der Waals surface area contributed by atoms with Crippen molar-refractivity contribution in [1.29, 1.82) is 0 Å². The first-order valence-corrected chi connectivity index (χ1v) is 10.8. The standard InChI is InChI=1S/C25H30N2O4/c1-18(2)23(26-22(28)17-31-21-11-7-4-8-12-21)25(30)27-15-13-20(14-16-27)24(29)19-9-5-3-6-10-19/h3-12,18,20,23H,13-17H2,1-2H3,(H,26,28). The number of benzene rings is 2. The molecule has 1 aliphatic heterocycles. The monoisotopic (exact) mass is 422 g/mol. The van der Waals surface area contributed by atoms with Crippen LogP contribution in [-0.2, 0) is 9.59 Å². The second kappa shape index (κ2) is 10.8. The van der Waals surface area contributed by atoms with E-state index in [4.69, 9.17) is 4.74 Å². The van der Waals surface area contributed by atoms with E-state index in [1.807, 2.05) is 62.4 Å². The van der Waals surface area contributed by atoms with Crippen molar-refractivity contribution in [2.75, 3.05) is 19.7 Å². The SMILES string of the molecule is CC(C)C(NC(=O)COc1ccccc1)C(=O)N1CCC(C(=O)c2ccccc2)CC1. The number of nitrogens with one attached hydrogen (secondary N) is 1. The lowest BCUT2D eigenvalue weighted by Crippen LogP contribution is -2.54. The van der Waals surface area contributed by atoms with Gasteiger partial charge in [0.2, 0.25) is 5.91 Å². The summed E-state index contributed by atoms with van der Waals surface area (Å²) in [5.41, 5.74) is 0.720. The zero-order valence-corrected chi connectivity index (χ0v) is 18.1. The van der Waals surface area contributed by atoms with Crippen LogP contribution >= 0.6 is 0 Å². The molecule has 0 aromatic heterocycles. The number of carbonyl (C=O) groups excluding carboxylic acids is 3. The first kappa shape index (κ1) is 22.5. The Morgan fingerprint density at radius 3 is 2.13 bits per heavy atom. The first-order valence-electron chi connectivity index (χ1n) is 10.8. The van der Waals surface area contributed by atoms with Crippen LogP contribution < -0.4 is 10.1 Å². The largest absolute Gasteiger partial charge is 0.484 e. The average Bonchev–Trinajstić information content (AvgIpc) is 2.81. The van der Waals surface area contributed by atoms with E-state index in [1.54, 1.807) is 17.0 Å². The van der Waals surface area contributed by atoms with E-state index in [1.165, 1.54) is 0 Å². The topological polar surface area (TPSA) is 75.7 Å². The number of rotatable bonds is 8. The Balaban J connectivity index is 1.52. The fourth-order valence-electron chi connectivity index (χ4n) is 3.79. The van der Waals surface area contributed by atoms with Gasteiger partial charge in [0.15, 0.2) is 12.4 Å². The molecule has 31 heavy (non-hydrogen) atoms. The Bertz CT molecular complexity index is 875. The van der Waals surface area contributed by atoms with Crippen LogP contribution in [0.15, 0.2) is 60.7 Å². The molecule has 1 atom stereocenters. The highest BCUT2D eigenvalue weighted by Gasteiger charge is 2.33. The third-order valence-corrected chi connectivity index (χ3v) is 5.60. The summed E-state index contributed by atoms with van der Waals surface area (Å²) < 4.78 is 5.48. The molecule has 0 aliphatic carbocycles. The lowest BCUT2D eigenvalue weighted by Gasteiger charge is -2.35. The Morgan fingerprint density at radius 1 is 0.968 bits per heavy atom. The summed E-state index contributed by atoms with van der Waals surface area (Å²) >= 11 is 0. The van der Waals surface area contributed by atoms with E-state index in [-0.39, 0.29) is 36.0 Å². The molecule has 0 saturated carbocycles. The molecule has 2 aromatic carbocycles. The maximum atomic E-state index is 13.1. The number of hydrogen-bond acceptors (Lipinski definition) is 4. The van der Waals surface area contributed by atoms with E-state index >= 15 is 0 Å². The molecule has 0 spiro atoms. The van der Waals surface area contributed by atoms with Gasteiger partial charge in [-0.15, -0.1) is 0 Å². The number of likely N-dealkylation sites (tertiary alicyclic amines) is 1. The molecule has 2 amide bonds. The molecule has 1 fully saturated rings. The summed E-state index contributed by atoms with van der Waals surface area (Å²) in [6.07, 6.45) is 1.27. The van der Waals surface area contributed by atoms with Gasteiger partial charge in [0.25, 0.3) is 5.91 Å². The molecule has 1 N–H and O–H groups in total. The van der Waals surface area contributed by atoms with Gasteiger partial charge in [-0.1, -0.05) is 62.4 Å². The summed E-state index contributed by atoms with van der Waals surface area (Å²) in [5.74, 6) is 0.183. The smallest absolute Gasteiger partial charge is 0.258 e.